The molecule has 19 heavy (non-hydrogen) atoms. The zero-order valence-electron chi connectivity index (χ0n) is 10.8. The van der Waals surface area contributed by atoms with Gasteiger partial charge in [0, 0.05) is 12.1 Å². The molecule has 1 aromatic carbocycles. The Labute approximate surface area is 112 Å². The molecule has 0 aliphatic carbocycles. The summed E-state index contributed by atoms with van der Waals surface area (Å²) in [6.07, 6.45) is 1.65. The lowest BCUT2D eigenvalue weighted by Gasteiger charge is -2.17. The number of rotatable bonds is 5. The summed E-state index contributed by atoms with van der Waals surface area (Å²) in [5.41, 5.74) is 3.69. The minimum Gasteiger partial charge on any atom is -0.468 e. The van der Waals surface area contributed by atoms with E-state index in [0.717, 1.165) is 11.3 Å². The second-order valence-electron chi connectivity index (χ2n) is 4.38. The van der Waals surface area contributed by atoms with Gasteiger partial charge in [-0.15, -0.1) is 0 Å². The maximum absolute atomic E-state index is 11.7. The lowest BCUT2D eigenvalue weighted by Crippen LogP contribution is -2.31. The van der Waals surface area contributed by atoms with Gasteiger partial charge in [0.1, 0.15) is 5.76 Å². The first-order chi connectivity index (χ1) is 9.20. The normalized spacial score (nSPS) is 10.7. The molecule has 0 radical (unpaired) electrons. The monoisotopic (exact) mass is 259 g/mol. The van der Waals surface area contributed by atoms with Crippen molar-refractivity contribution in [2.45, 2.75) is 13.1 Å². The molecule has 5 heteroatoms. The average molecular weight is 259 g/mol. The van der Waals surface area contributed by atoms with Gasteiger partial charge in [-0.3, -0.25) is 15.1 Å². The topological polar surface area (TPSA) is 71.5 Å². The first-order valence-electron chi connectivity index (χ1n) is 6.00. The molecule has 0 bridgehead atoms. The summed E-state index contributed by atoms with van der Waals surface area (Å²) in [5, 5.41) is 0. The van der Waals surface area contributed by atoms with E-state index in [4.69, 9.17) is 10.3 Å². The molecule has 0 fully saturated rings. The van der Waals surface area contributed by atoms with Crippen molar-refractivity contribution in [1.82, 2.24) is 10.3 Å². The molecule has 2 rings (SSSR count). The zero-order chi connectivity index (χ0) is 13.7. The van der Waals surface area contributed by atoms with Crippen LogP contribution in [-0.4, -0.2) is 17.9 Å². The van der Waals surface area contributed by atoms with Gasteiger partial charge in [0.25, 0.3) is 5.91 Å². The molecule has 5 nitrogen and oxygen atoms in total. The number of nitrogen functional groups attached to an aromatic ring is 1. The summed E-state index contributed by atoms with van der Waals surface area (Å²) in [6.45, 7) is 1.33. The predicted octanol–water partition coefficient (Wildman–Crippen LogP) is 1.52. The van der Waals surface area contributed by atoms with Crippen LogP contribution in [0.4, 0.5) is 0 Å². The third-order valence-corrected chi connectivity index (χ3v) is 2.84. The molecule has 0 atom stereocenters. The Morgan fingerprint density at radius 3 is 2.74 bits per heavy atom. The summed E-state index contributed by atoms with van der Waals surface area (Å²) >= 11 is 0. The third-order valence-electron chi connectivity index (χ3n) is 2.84. The van der Waals surface area contributed by atoms with Gasteiger partial charge in [0.2, 0.25) is 0 Å². The number of furan rings is 1. The Kier molecular flexibility index (Phi) is 4.33. The molecule has 100 valence electrons. The SMILES string of the molecule is CN(Cc1ccco1)Cc1ccccc1C(=O)NN. The first kappa shape index (κ1) is 13.3. The van der Waals surface area contributed by atoms with Crippen LogP contribution in [0.15, 0.2) is 47.1 Å². The molecular formula is C14H17N3O2. The maximum atomic E-state index is 11.7. The van der Waals surface area contributed by atoms with Gasteiger partial charge >= 0.3 is 0 Å². The highest BCUT2D eigenvalue weighted by Gasteiger charge is 2.11. The standard InChI is InChI=1S/C14H17N3O2/c1-17(10-12-6-4-8-19-12)9-11-5-2-3-7-13(11)14(18)16-15/h2-8H,9-10,15H2,1H3,(H,16,18). The van der Waals surface area contributed by atoms with Crippen LogP contribution in [-0.2, 0) is 13.1 Å². The van der Waals surface area contributed by atoms with E-state index in [1.165, 1.54) is 0 Å². The average Bonchev–Trinajstić information content (AvgIpc) is 2.91. The van der Waals surface area contributed by atoms with Crippen molar-refractivity contribution in [3.63, 3.8) is 0 Å². The van der Waals surface area contributed by atoms with Crippen LogP contribution >= 0.6 is 0 Å². The highest BCUT2D eigenvalue weighted by molar-refractivity contribution is 5.95. The molecule has 0 aliphatic heterocycles. The van der Waals surface area contributed by atoms with Crippen LogP contribution in [0.2, 0.25) is 0 Å². The second-order valence-corrected chi connectivity index (χ2v) is 4.38. The fourth-order valence-corrected chi connectivity index (χ4v) is 1.97. The van der Waals surface area contributed by atoms with Crippen molar-refractivity contribution < 1.29 is 9.21 Å². The van der Waals surface area contributed by atoms with E-state index in [-0.39, 0.29) is 5.91 Å². The third kappa shape index (κ3) is 3.43. The van der Waals surface area contributed by atoms with Gasteiger partial charge in [0.05, 0.1) is 12.8 Å². The molecule has 0 spiro atoms. The molecule has 1 aromatic heterocycles. The number of carbonyl (C=O) groups excluding carboxylic acids is 1. The number of nitrogens with zero attached hydrogens (tertiary/aromatic N) is 1. The maximum Gasteiger partial charge on any atom is 0.265 e. The summed E-state index contributed by atoms with van der Waals surface area (Å²) in [4.78, 5) is 13.7. The zero-order valence-corrected chi connectivity index (χ0v) is 10.8. The second kappa shape index (κ2) is 6.17. The smallest absolute Gasteiger partial charge is 0.265 e. The molecule has 0 unspecified atom stereocenters. The quantitative estimate of drug-likeness (QED) is 0.485. The van der Waals surface area contributed by atoms with E-state index in [0.29, 0.717) is 18.7 Å². The van der Waals surface area contributed by atoms with Crippen LogP contribution in [0.3, 0.4) is 0 Å². The minimum atomic E-state index is -0.276. The van der Waals surface area contributed by atoms with Gasteiger partial charge in [-0.2, -0.15) is 0 Å². The van der Waals surface area contributed by atoms with Crippen LogP contribution in [0.5, 0.6) is 0 Å². The van der Waals surface area contributed by atoms with E-state index in [1.807, 2.05) is 37.4 Å². The molecular weight excluding hydrogens is 242 g/mol. The number of benzene rings is 1. The van der Waals surface area contributed by atoms with Crippen molar-refractivity contribution in [3.05, 3.63) is 59.5 Å². The van der Waals surface area contributed by atoms with Gasteiger partial charge in [-0.25, -0.2) is 5.84 Å². The number of hydrazine groups is 1. The molecule has 3 N–H and O–H groups in total. The number of nitrogens with two attached hydrogens (primary N) is 1. The largest absolute Gasteiger partial charge is 0.468 e. The van der Waals surface area contributed by atoms with Crippen LogP contribution in [0.1, 0.15) is 21.7 Å². The van der Waals surface area contributed by atoms with Crippen LogP contribution in [0.25, 0.3) is 0 Å². The number of hydrogen-bond donors (Lipinski definition) is 2. The molecule has 0 saturated heterocycles. The molecule has 0 aliphatic rings. The summed E-state index contributed by atoms with van der Waals surface area (Å²) in [7, 11) is 1.97. The summed E-state index contributed by atoms with van der Waals surface area (Å²) in [6, 6.07) is 11.2. The predicted molar refractivity (Wildman–Crippen MR) is 72.0 cm³/mol. The molecule has 0 saturated carbocycles. The number of carbonyl (C=O) groups is 1. The highest BCUT2D eigenvalue weighted by atomic mass is 16.3. The molecule has 2 aromatic rings. The Bertz CT molecular complexity index is 537. The minimum absolute atomic E-state index is 0.276. The highest BCUT2D eigenvalue weighted by Crippen LogP contribution is 2.13. The molecule has 1 amide bonds. The van der Waals surface area contributed by atoms with E-state index in [1.54, 1.807) is 12.3 Å². The number of amides is 1. The van der Waals surface area contributed by atoms with E-state index in [9.17, 15) is 4.79 Å². The Balaban J connectivity index is 2.08. The first-order valence-corrected chi connectivity index (χ1v) is 6.00. The van der Waals surface area contributed by atoms with Gasteiger partial charge < -0.3 is 4.42 Å². The Morgan fingerprint density at radius 2 is 2.05 bits per heavy atom. The number of nitrogens with one attached hydrogen (secondary N) is 1. The lowest BCUT2D eigenvalue weighted by molar-refractivity contribution is 0.0951. The van der Waals surface area contributed by atoms with Crippen molar-refractivity contribution in [2.75, 3.05) is 7.05 Å². The summed E-state index contributed by atoms with van der Waals surface area (Å²) < 4.78 is 5.30. The van der Waals surface area contributed by atoms with Crippen molar-refractivity contribution in [2.24, 2.45) is 5.84 Å². The van der Waals surface area contributed by atoms with E-state index in [2.05, 4.69) is 10.3 Å². The van der Waals surface area contributed by atoms with Crippen molar-refractivity contribution in [1.29, 1.82) is 0 Å². The fourth-order valence-electron chi connectivity index (χ4n) is 1.97. The number of hydrogen-bond acceptors (Lipinski definition) is 4. The van der Waals surface area contributed by atoms with Gasteiger partial charge in [-0.1, -0.05) is 18.2 Å². The van der Waals surface area contributed by atoms with Crippen molar-refractivity contribution in [3.8, 4) is 0 Å². The van der Waals surface area contributed by atoms with Crippen molar-refractivity contribution >= 4 is 5.91 Å². The van der Waals surface area contributed by atoms with Crippen LogP contribution in [0, 0.1) is 0 Å². The molecule has 1 heterocycles. The van der Waals surface area contributed by atoms with Crippen LogP contribution < -0.4 is 11.3 Å². The fraction of sp³-hybridized carbons (Fsp3) is 0.214. The van der Waals surface area contributed by atoms with E-state index < -0.39 is 0 Å². The van der Waals surface area contributed by atoms with Gasteiger partial charge in [-0.05, 0) is 30.8 Å². The van der Waals surface area contributed by atoms with E-state index >= 15 is 0 Å². The Morgan fingerprint density at radius 1 is 1.26 bits per heavy atom. The lowest BCUT2D eigenvalue weighted by atomic mass is 10.1. The Hall–Kier alpha value is -2.11. The summed E-state index contributed by atoms with van der Waals surface area (Å²) in [5.74, 6) is 5.80. The van der Waals surface area contributed by atoms with Gasteiger partial charge in [0.15, 0.2) is 0 Å².